The number of nitrogens with one attached hydrogen (secondary N) is 2. The van der Waals surface area contributed by atoms with Crippen LogP contribution in [0.4, 0.5) is 40.6 Å². The monoisotopic (exact) mass is 521 g/mol. The van der Waals surface area contributed by atoms with E-state index in [1.807, 2.05) is 4.90 Å². The number of rotatable bonds is 6. The van der Waals surface area contributed by atoms with Crippen molar-refractivity contribution in [2.75, 3.05) is 41.8 Å². The molecule has 0 aliphatic carbocycles. The molecule has 0 unspecified atom stereocenters. The highest BCUT2D eigenvalue weighted by atomic mass is 35.5. The number of morpholine rings is 1. The second-order valence-electron chi connectivity index (χ2n) is 7.77. The molecule has 0 radical (unpaired) electrons. The molecule has 2 heterocycles. The molecule has 1 aromatic heterocycles. The van der Waals surface area contributed by atoms with Crippen molar-refractivity contribution >= 4 is 40.5 Å². The van der Waals surface area contributed by atoms with Gasteiger partial charge in [-0.3, -0.25) is 4.79 Å². The average Bonchev–Trinajstić information content (AvgIpc) is 2.84. The molecule has 1 saturated heterocycles. The topological polar surface area (TPSA) is 79.4 Å². The highest BCUT2D eigenvalue weighted by molar-refractivity contribution is 6.33. The summed E-state index contributed by atoms with van der Waals surface area (Å²) in [7, 11) is 0. The molecule has 7 nitrogen and oxygen atoms in total. The van der Waals surface area contributed by atoms with Gasteiger partial charge in [0.05, 0.1) is 29.6 Å². The Balaban J connectivity index is 1.71. The molecule has 0 saturated carbocycles. The summed E-state index contributed by atoms with van der Waals surface area (Å²) in [5, 5.41) is 5.73. The summed E-state index contributed by atoms with van der Waals surface area (Å²) in [5.74, 6) is -1.65. The van der Waals surface area contributed by atoms with Crippen molar-refractivity contribution in [2.45, 2.75) is 6.18 Å². The van der Waals surface area contributed by atoms with Gasteiger partial charge in [-0.05, 0) is 42.5 Å². The van der Waals surface area contributed by atoms with Crippen LogP contribution < -0.4 is 15.5 Å². The SMILES string of the molecule is C=CC(=O)Nc1cc(F)cc(-c2nc(Nc3ccc(Cl)c(N4CCOCC4)c3)ncc2C(F)(F)F)c1. The second-order valence-corrected chi connectivity index (χ2v) is 8.17. The zero-order chi connectivity index (χ0) is 25.9. The molecule has 4 rings (SSSR count). The van der Waals surface area contributed by atoms with Crippen LogP contribution in [0.5, 0.6) is 0 Å². The maximum atomic E-state index is 14.3. The smallest absolute Gasteiger partial charge is 0.378 e. The van der Waals surface area contributed by atoms with Gasteiger partial charge in [0.25, 0.3) is 0 Å². The van der Waals surface area contributed by atoms with Crippen molar-refractivity contribution in [1.29, 1.82) is 0 Å². The Kier molecular flexibility index (Phi) is 7.41. The molecular weight excluding hydrogens is 502 g/mol. The predicted molar refractivity (Wildman–Crippen MR) is 129 cm³/mol. The molecule has 1 amide bonds. The van der Waals surface area contributed by atoms with Gasteiger partial charge in [0.2, 0.25) is 11.9 Å². The third-order valence-electron chi connectivity index (χ3n) is 5.27. The Morgan fingerprint density at radius 1 is 1.14 bits per heavy atom. The Morgan fingerprint density at radius 2 is 1.89 bits per heavy atom. The van der Waals surface area contributed by atoms with Crippen LogP contribution in [0.25, 0.3) is 11.3 Å². The van der Waals surface area contributed by atoms with Crippen LogP contribution in [0.15, 0.2) is 55.3 Å². The quantitative estimate of drug-likeness (QED) is 0.322. The molecule has 1 fully saturated rings. The van der Waals surface area contributed by atoms with Gasteiger partial charge in [0, 0.05) is 36.2 Å². The number of aromatic nitrogens is 2. The number of hydrogen-bond donors (Lipinski definition) is 2. The van der Waals surface area contributed by atoms with Gasteiger partial charge >= 0.3 is 6.18 Å². The summed E-state index contributed by atoms with van der Waals surface area (Å²) in [5.41, 5.74) is -0.753. The van der Waals surface area contributed by atoms with Crippen LogP contribution in [-0.2, 0) is 15.7 Å². The number of anilines is 4. The highest BCUT2D eigenvalue weighted by Gasteiger charge is 2.35. The summed E-state index contributed by atoms with van der Waals surface area (Å²) >= 11 is 6.35. The Hall–Kier alpha value is -3.70. The first-order valence-corrected chi connectivity index (χ1v) is 11.1. The van der Waals surface area contributed by atoms with Gasteiger partial charge in [-0.1, -0.05) is 18.2 Å². The van der Waals surface area contributed by atoms with Crippen LogP contribution in [0.1, 0.15) is 5.56 Å². The van der Waals surface area contributed by atoms with Gasteiger partial charge in [0.15, 0.2) is 0 Å². The zero-order valence-electron chi connectivity index (χ0n) is 18.7. The predicted octanol–water partition coefficient (Wildman–Crippen LogP) is 5.66. The fourth-order valence-electron chi connectivity index (χ4n) is 3.63. The van der Waals surface area contributed by atoms with Gasteiger partial charge in [0.1, 0.15) is 11.4 Å². The summed E-state index contributed by atoms with van der Waals surface area (Å²) in [4.78, 5) is 21.5. The van der Waals surface area contributed by atoms with Crippen molar-refractivity contribution in [3.05, 3.63) is 71.7 Å². The molecule has 2 N–H and O–H groups in total. The Morgan fingerprint density at radius 3 is 2.58 bits per heavy atom. The van der Waals surface area contributed by atoms with E-state index in [1.165, 1.54) is 6.07 Å². The number of hydrogen-bond acceptors (Lipinski definition) is 6. The fourth-order valence-corrected chi connectivity index (χ4v) is 3.86. The number of amides is 1. The maximum Gasteiger partial charge on any atom is 0.419 e. The number of ether oxygens (including phenoxy) is 1. The third kappa shape index (κ3) is 5.92. The van der Waals surface area contributed by atoms with E-state index in [-0.39, 0.29) is 17.2 Å². The lowest BCUT2D eigenvalue weighted by atomic mass is 10.1. The zero-order valence-corrected chi connectivity index (χ0v) is 19.5. The molecule has 0 bridgehead atoms. The van der Waals surface area contributed by atoms with Crippen LogP contribution in [0.2, 0.25) is 5.02 Å². The molecule has 2 aromatic carbocycles. The lowest BCUT2D eigenvalue weighted by Gasteiger charge is -2.30. The van der Waals surface area contributed by atoms with Crippen LogP contribution in [0, 0.1) is 5.82 Å². The van der Waals surface area contributed by atoms with Gasteiger partial charge in [-0.25, -0.2) is 14.4 Å². The minimum Gasteiger partial charge on any atom is -0.378 e. The molecule has 1 aliphatic heterocycles. The van der Waals surface area contributed by atoms with E-state index in [0.717, 1.165) is 23.9 Å². The summed E-state index contributed by atoms with van der Waals surface area (Å²) in [6.07, 6.45) is -3.24. The van der Waals surface area contributed by atoms with Crippen LogP contribution >= 0.6 is 11.6 Å². The molecule has 1 aliphatic rings. The number of carbonyl (C=O) groups is 1. The first-order valence-electron chi connectivity index (χ1n) is 10.7. The maximum absolute atomic E-state index is 14.3. The second kappa shape index (κ2) is 10.5. The number of nitrogens with zero attached hydrogens (tertiary/aromatic N) is 3. The fraction of sp³-hybridized carbons (Fsp3) is 0.208. The summed E-state index contributed by atoms with van der Waals surface area (Å²) in [6, 6.07) is 8.08. The lowest BCUT2D eigenvalue weighted by molar-refractivity contribution is -0.137. The van der Waals surface area contributed by atoms with Crippen molar-refractivity contribution in [3.8, 4) is 11.3 Å². The summed E-state index contributed by atoms with van der Waals surface area (Å²) < 4.78 is 60.9. The highest BCUT2D eigenvalue weighted by Crippen LogP contribution is 2.38. The van der Waals surface area contributed by atoms with E-state index in [0.29, 0.717) is 43.2 Å². The number of carbonyl (C=O) groups excluding carboxylic acids is 1. The van der Waals surface area contributed by atoms with Gasteiger partial charge in [-0.2, -0.15) is 13.2 Å². The van der Waals surface area contributed by atoms with Crippen LogP contribution in [0.3, 0.4) is 0 Å². The molecule has 188 valence electrons. The lowest BCUT2D eigenvalue weighted by Crippen LogP contribution is -2.36. The number of benzene rings is 2. The minimum atomic E-state index is -4.81. The van der Waals surface area contributed by atoms with E-state index in [9.17, 15) is 22.4 Å². The molecule has 12 heteroatoms. The van der Waals surface area contributed by atoms with E-state index < -0.39 is 29.2 Å². The molecular formula is C24H20ClF4N5O2. The standard InChI is InChI=1S/C24H20ClF4N5O2/c1-2-21(35)31-17-10-14(9-15(26)11-17)22-18(24(27,28)29)13-30-23(33-22)32-16-3-4-19(25)20(12-16)34-5-7-36-8-6-34/h2-4,9-13H,1,5-8H2,(H,31,35)(H,30,32,33). The number of alkyl halides is 3. The first-order chi connectivity index (χ1) is 17.1. The van der Waals surface area contributed by atoms with Crippen molar-refractivity contribution in [3.63, 3.8) is 0 Å². The van der Waals surface area contributed by atoms with Crippen molar-refractivity contribution in [2.24, 2.45) is 0 Å². The molecule has 3 aromatic rings. The first kappa shape index (κ1) is 25.4. The summed E-state index contributed by atoms with van der Waals surface area (Å²) in [6.45, 7) is 5.65. The van der Waals surface area contributed by atoms with E-state index >= 15 is 0 Å². The van der Waals surface area contributed by atoms with E-state index in [4.69, 9.17) is 16.3 Å². The van der Waals surface area contributed by atoms with E-state index in [2.05, 4.69) is 27.2 Å². The largest absolute Gasteiger partial charge is 0.419 e. The Labute approximate surface area is 208 Å². The van der Waals surface area contributed by atoms with Crippen molar-refractivity contribution < 1.29 is 27.1 Å². The average molecular weight is 522 g/mol. The Bertz CT molecular complexity index is 1300. The molecule has 36 heavy (non-hydrogen) atoms. The third-order valence-corrected chi connectivity index (χ3v) is 5.59. The molecule has 0 atom stereocenters. The number of halogens is 5. The van der Waals surface area contributed by atoms with Crippen molar-refractivity contribution in [1.82, 2.24) is 9.97 Å². The minimum absolute atomic E-state index is 0.0519. The van der Waals surface area contributed by atoms with E-state index in [1.54, 1.807) is 18.2 Å². The van der Waals surface area contributed by atoms with Gasteiger partial charge < -0.3 is 20.3 Å². The van der Waals surface area contributed by atoms with Gasteiger partial charge in [-0.15, -0.1) is 0 Å². The normalized spacial score (nSPS) is 13.9. The molecule has 0 spiro atoms. The van der Waals surface area contributed by atoms with Crippen LogP contribution in [-0.4, -0.2) is 42.2 Å².